The number of ether oxygens (including phenoxy) is 1. The van der Waals surface area contributed by atoms with Gasteiger partial charge in [-0.05, 0) is 41.5 Å². The zero-order valence-electron chi connectivity index (χ0n) is 12.9. The van der Waals surface area contributed by atoms with E-state index in [4.69, 9.17) is 17.0 Å². The summed E-state index contributed by atoms with van der Waals surface area (Å²) in [6.45, 7) is 0.369. The van der Waals surface area contributed by atoms with Gasteiger partial charge in [0.25, 0.3) is 5.91 Å². The Kier molecular flexibility index (Phi) is 4.97. The molecule has 0 aromatic heterocycles. The zero-order chi connectivity index (χ0) is 17.1. The lowest BCUT2D eigenvalue weighted by Gasteiger charge is -2.07. The first-order valence-corrected chi connectivity index (χ1v) is 8.44. The molecule has 122 valence electrons. The third kappa shape index (κ3) is 3.83. The maximum atomic E-state index is 12.9. The summed E-state index contributed by atoms with van der Waals surface area (Å²) in [7, 11) is 1.67. The van der Waals surface area contributed by atoms with Crippen LogP contribution in [0.4, 0.5) is 4.39 Å². The standard InChI is InChI=1S/C18H14FNO2S2/c1-20-17(21)16(24-18(20)23)10-12-4-8-15(9-5-12)22-11-13-2-6-14(19)7-3-13/h2-10H,11H2,1H3/b16-10+. The Hall–Kier alpha value is -2.18. The third-order valence-electron chi connectivity index (χ3n) is 3.48. The van der Waals surface area contributed by atoms with E-state index in [1.54, 1.807) is 19.2 Å². The number of thiocarbonyl (C=S) groups is 1. The summed E-state index contributed by atoms with van der Waals surface area (Å²) in [4.78, 5) is 14.0. The van der Waals surface area contributed by atoms with Crippen LogP contribution in [0.25, 0.3) is 6.08 Å². The first-order valence-electron chi connectivity index (χ1n) is 7.22. The molecule has 1 aliphatic rings. The van der Waals surface area contributed by atoms with Gasteiger partial charge in [-0.3, -0.25) is 9.69 Å². The molecule has 1 heterocycles. The highest BCUT2D eigenvalue weighted by atomic mass is 32.2. The highest BCUT2D eigenvalue weighted by Crippen LogP contribution is 2.31. The van der Waals surface area contributed by atoms with E-state index < -0.39 is 0 Å². The minimum Gasteiger partial charge on any atom is -0.489 e. The molecule has 1 fully saturated rings. The minimum absolute atomic E-state index is 0.0818. The van der Waals surface area contributed by atoms with Crippen molar-refractivity contribution in [2.45, 2.75) is 6.61 Å². The van der Waals surface area contributed by atoms with Gasteiger partial charge in [-0.15, -0.1) is 0 Å². The van der Waals surface area contributed by atoms with Gasteiger partial charge in [0.2, 0.25) is 0 Å². The van der Waals surface area contributed by atoms with Gasteiger partial charge in [0.1, 0.15) is 22.5 Å². The molecular weight excluding hydrogens is 345 g/mol. The summed E-state index contributed by atoms with van der Waals surface area (Å²) in [5.74, 6) is 0.363. The van der Waals surface area contributed by atoms with Crippen LogP contribution in [0.5, 0.6) is 5.75 Å². The summed E-state index contributed by atoms with van der Waals surface area (Å²) < 4.78 is 19.1. The fourth-order valence-electron chi connectivity index (χ4n) is 2.10. The molecule has 1 aliphatic heterocycles. The van der Waals surface area contributed by atoms with Gasteiger partial charge >= 0.3 is 0 Å². The van der Waals surface area contributed by atoms with E-state index in [1.807, 2.05) is 30.3 Å². The fraction of sp³-hybridized carbons (Fsp3) is 0.111. The van der Waals surface area contributed by atoms with Gasteiger partial charge < -0.3 is 4.74 Å². The van der Waals surface area contributed by atoms with Crippen LogP contribution < -0.4 is 4.74 Å². The Bertz CT molecular complexity index is 801. The second kappa shape index (κ2) is 7.15. The summed E-state index contributed by atoms with van der Waals surface area (Å²) in [6.07, 6.45) is 1.81. The van der Waals surface area contributed by atoms with E-state index in [9.17, 15) is 9.18 Å². The number of carbonyl (C=O) groups excluding carboxylic acids is 1. The summed E-state index contributed by atoms with van der Waals surface area (Å²) >= 11 is 6.40. The number of nitrogens with zero attached hydrogens (tertiary/aromatic N) is 1. The largest absolute Gasteiger partial charge is 0.489 e. The lowest BCUT2D eigenvalue weighted by atomic mass is 10.2. The number of rotatable bonds is 4. The van der Waals surface area contributed by atoms with Crippen molar-refractivity contribution in [1.82, 2.24) is 4.90 Å². The predicted octanol–water partition coefficient (Wildman–Crippen LogP) is 4.24. The van der Waals surface area contributed by atoms with E-state index >= 15 is 0 Å². The number of halogens is 1. The van der Waals surface area contributed by atoms with Crippen LogP contribution in [-0.4, -0.2) is 22.2 Å². The molecule has 0 bridgehead atoms. The second-order valence-corrected chi connectivity index (χ2v) is 6.90. The Morgan fingerprint density at radius 1 is 1.17 bits per heavy atom. The van der Waals surface area contributed by atoms with Crippen molar-refractivity contribution in [2.75, 3.05) is 7.05 Å². The average Bonchev–Trinajstić information content (AvgIpc) is 2.83. The van der Waals surface area contributed by atoms with E-state index in [0.29, 0.717) is 21.6 Å². The number of benzene rings is 2. The van der Waals surface area contributed by atoms with Gasteiger partial charge in [0.15, 0.2) is 0 Å². The number of hydrogen-bond donors (Lipinski definition) is 0. The molecule has 3 rings (SSSR count). The zero-order valence-corrected chi connectivity index (χ0v) is 14.5. The van der Waals surface area contributed by atoms with Gasteiger partial charge in [-0.25, -0.2) is 4.39 Å². The van der Waals surface area contributed by atoms with Crippen LogP contribution in [-0.2, 0) is 11.4 Å². The van der Waals surface area contributed by atoms with E-state index in [2.05, 4.69) is 0 Å². The topological polar surface area (TPSA) is 29.5 Å². The van der Waals surface area contributed by atoms with Crippen LogP contribution in [0.2, 0.25) is 0 Å². The highest BCUT2D eigenvalue weighted by Gasteiger charge is 2.28. The number of likely N-dealkylation sites (N-methyl/N-ethyl adjacent to an activating group) is 1. The van der Waals surface area contributed by atoms with E-state index in [1.165, 1.54) is 28.8 Å². The molecule has 0 unspecified atom stereocenters. The summed E-state index contributed by atoms with van der Waals surface area (Å²) in [6, 6.07) is 13.6. The van der Waals surface area contributed by atoms with Crippen molar-refractivity contribution >= 4 is 40.3 Å². The monoisotopic (exact) mass is 359 g/mol. The fourth-order valence-corrected chi connectivity index (χ4v) is 3.28. The summed E-state index contributed by atoms with van der Waals surface area (Å²) in [5, 5.41) is 0. The Morgan fingerprint density at radius 3 is 2.42 bits per heavy atom. The maximum Gasteiger partial charge on any atom is 0.265 e. The van der Waals surface area contributed by atoms with E-state index in [0.717, 1.165) is 11.1 Å². The minimum atomic E-state index is -0.263. The summed E-state index contributed by atoms with van der Waals surface area (Å²) in [5.41, 5.74) is 1.80. The number of amides is 1. The SMILES string of the molecule is CN1C(=O)/C(=C\c2ccc(OCc3ccc(F)cc3)cc2)SC1=S. The van der Waals surface area contributed by atoms with Gasteiger partial charge in [0, 0.05) is 7.05 Å². The molecule has 0 aliphatic carbocycles. The van der Waals surface area contributed by atoms with Gasteiger partial charge in [-0.1, -0.05) is 48.2 Å². The molecule has 2 aromatic rings. The molecule has 0 N–H and O–H groups in total. The maximum absolute atomic E-state index is 12.9. The second-order valence-electron chi connectivity index (χ2n) is 5.22. The van der Waals surface area contributed by atoms with Gasteiger partial charge in [-0.2, -0.15) is 0 Å². The molecule has 6 heteroatoms. The van der Waals surface area contributed by atoms with Crippen LogP contribution in [0.15, 0.2) is 53.4 Å². The van der Waals surface area contributed by atoms with Crippen molar-refractivity contribution in [3.63, 3.8) is 0 Å². The van der Waals surface area contributed by atoms with Crippen LogP contribution in [0.1, 0.15) is 11.1 Å². The first kappa shape index (κ1) is 16.7. The molecule has 1 saturated heterocycles. The molecule has 24 heavy (non-hydrogen) atoms. The quantitative estimate of drug-likeness (QED) is 0.603. The molecule has 0 atom stereocenters. The van der Waals surface area contributed by atoms with Crippen molar-refractivity contribution < 1.29 is 13.9 Å². The predicted molar refractivity (Wildman–Crippen MR) is 98.1 cm³/mol. The number of carbonyl (C=O) groups is 1. The average molecular weight is 359 g/mol. The lowest BCUT2D eigenvalue weighted by Crippen LogP contribution is -2.22. The lowest BCUT2D eigenvalue weighted by molar-refractivity contribution is -0.121. The first-order chi connectivity index (χ1) is 11.5. The van der Waals surface area contributed by atoms with Crippen LogP contribution in [0, 0.1) is 5.82 Å². The molecule has 2 aromatic carbocycles. The Balaban J connectivity index is 1.64. The molecule has 0 saturated carbocycles. The number of hydrogen-bond acceptors (Lipinski definition) is 4. The van der Waals surface area contributed by atoms with Crippen molar-refractivity contribution in [3.05, 3.63) is 70.4 Å². The van der Waals surface area contributed by atoms with Gasteiger partial charge in [0.05, 0.1) is 4.91 Å². The Labute approximate surface area is 149 Å². The molecule has 3 nitrogen and oxygen atoms in total. The Morgan fingerprint density at radius 2 is 1.83 bits per heavy atom. The van der Waals surface area contributed by atoms with Crippen molar-refractivity contribution in [1.29, 1.82) is 0 Å². The molecule has 0 spiro atoms. The number of thioether (sulfide) groups is 1. The molecule has 1 amide bonds. The van der Waals surface area contributed by atoms with E-state index in [-0.39, 0.29) is 11.7 Å². The molecular formula is C18H14FNO2S2. The normalized spacial score (nSPS) is 16.1. The van der Waals surface area contributed by atoms with Crippen molar-refractivity contribution in [2.24, 2.45) is 0 Å². The highest BCUT2D eigenvalue weighted by molar-refractivity contribution is 8.26. The van der Waals surface area contributed by atoms with Crippen LogP contribution in [0.3, 0.4) is 0 Å². The molecule has 0 radical (unpaired) electrons. The smallest absolute Gasteiger partial charge is 0.265 e. The van der Waals surface area contributed by atoms with Crippen molar-refractivity contribution in [3.8, 4) is 5.75 Å². The van der Waals surface area contributed by atoms with Crippen LogP contribution >= 0.6 is 24.0 Å². The third-order valence-corrected chi connectivity index (χ3v) is 4.97.